The maximum atomic E-state index is 12.2. The Balaban J connectivity index is 1.61. The Kier molecular flexibility index (Phi) is 7.21. The number of rotatable bonds is 6. The average Bonchev–Trinajstić information content (AvgIpc) is 3.74. The number of aliphatic hydroxyl groups excluding tert-OH is 2. The molecule has 0 saturated carbocycles. The molecule has 0 aromatic carbocycles. The Labute approximate surface area is 252 Å². The first-order valence-corrected chi connectivity index (χ1v) is 14.9. The SMILES string of the molecule is C=CC(O)C1=C(C)C2=NC1=CC1=NC(=CC3=C(C)C4=C(O)CC(=C5NC(=C2)[C@@H](C)[C@@H]5CCC(=O)OC)C4=N3)C(CC)=C1C. The van der Waals surface area contributed by atoms with Crippen LogP contribution in [0.1, 0.15) is 60.3 Å². The van der Waals surface area contributed by atoms with E-state index < -0.39 is 6.10 Å². The quantitative estimate of drug-likeness (QED) is 0.258. The van der Waals surface area contributed by atoms with E-state index >= 15 is 0 Å². The zero-order chi connectivity index (χ0) is 30.7. The first kappa shape index (κ1) is 28.8. The maximum absolute atomic E-state index is 12.2. The summed E-state index contributed by atoms with van der Waals surface area (Å²) >= 11 is 0. The molecule has 0 aromatic rings. The number of hydrogen-bond donors (Lipinski definition) is 3. The molecule has 0 aromatic heterocycles. The average molecular weight is 579 g/mol. The van der Waals surface area contributed by atoms with Crippen LogP contribution in [0.15, 0.2) is 119 Å². The normalized spacial score (nSPS) is 25.1. The predicted molar refractivity (Wildman–Crippen MR) is 169 cm³/mol. The maximum Gasteiger partial charge on any atom is 0.305 e. The number of nitrogens with zero attached hydrogens (tertiary/aromatic N) is 3. The topological polar surface area (TPSA) is 116 Å². The van der Waals surface area contributed by atoms with Crippen molar-refractivity contribution < 1.29 is 19.7 Å². The van der Waals surface area contributed by atoms with E-state index in [1.807, 2.05) is 32.1 Å². The summed E-state index contributed by atoms with van der Waals surface area (Å²) < 4.78 is 4.97. The van der Waals surface area contributed by atoms with Crippen LogP contribution >= 0.6 is 0 Å². The number of aliphatic hydroxyl groups is 2. The second kappa shape index (κ2) is 10.8. The van der Waals surface area contributed by atoms with Crippen LogP contribution in [0.4, 0.5) is 0 Å². The van der Waals surface area contributed by atoms with Gasteiger partial charge in [0, 0.05) is 52.8 Å². The molecule has 1 saturated heterocycles. The minimum absolute atomic E-state index is 0.0213. The molecule has 3 atom stereocenters. The van der Waals surface area contributed by atoms with Gasteiger partial charge in [0.15, 0.2) is 0 Å². The van der Waals surface area contributed by atoms with Gasteiger partial charge in [0.1, 0.15) is 5.76 Å². The molecular weight excluding hydrogens is 540 g/mol. The Morgan fingerprint density at radius 3 is 2.53 bits per heavy atom. The van der Waals surface area contributed by atoms with E-state index in [9.17, 15) is 15.0 Å². The third kappa shape index (κ3) is 4.56. The zero-order valence-corrected chi connectivity index (χ0v) is 25.6. The van der Waals surface area contributed by atoms with Gasteiger partial charge in [0.2, 0.25) is 0 Å². The van der Waals surface area contributed by atoms with Crippen molar-refractivity contribution in [1.29, 1.82) is 0 Å². The molecule has 1 unspecified atom stereocenters. The molecule has 5 heterocycles. The molecule has 6 aliphatic rings. The van der Waals surface area contributed by atoms with Crippen LogP contribution in [0.3, 0.4) is 0 Å². The summed E-state index contributed by atoms with van der Waals surface area (Å²) in [7, 11) is 1.41. The fourth-order valence-electron chi connectivity index (χ4n) is 6.99. The second-order valence-corrected chi connectivity index (χ2v) is 11.8. The van der Waals surface area contributed by atoms with Crippen molar-refractivity contribution in [3.63, 3.8) is 0 Å². The van der Waals surface area contributed by atoms with Crippen LogP contribution < -0.4 is 5.32 Å². The summed E-state index contributed by atoms with van der Waals surface area (Å²) in [6.45, 7) is 14.1. The highest BCUT2D eigenvalue weighted by atomic mass is 16.5. The molecule has 8 bridgehead atoms. The van der Waals surface area contributed by atoms with Gasteiger partial charge < -0.3 is 20.3 Å². The van der Waals surface area contributed by atoms with Crippen molar-refractivity contribution in [2.24, 2.45) is 26.8 Å². The minimum atomic E-state index is -0.885. The van der Waals surface area contributed by atoms with E-state index in [-0.39, 0.29) is 24.2 Å². The second-order valence-electron chi connectivity index (χ2n) is 11.8. The highest BCUT2D eigenvalue weighted by Gasteiger charge is 2.41. The van der Waals surface area contributed by atoms with E-state index in [4.69, 9.17) is 19.7 Å². The molecule has 222 valence electrons. The fraction of sp³-hybridized carbons (Fsp3) is 0.371. The lowest BCUT2D eigenvalue weighted by atomic mass is 9.86. The zero-order valence-electron chi connectivity index (χ0n) is 25.6. The third-order valence-electron chi connectivity index (χ3n) is 9.51. The summed E-state index contributed by atoms with van der Waals surface area (Å²) in [6.07, 6.45) is 8.66. The Morgan fingerprint density at radius 2 is 1.84 bits per heavy atom. The van der Waals surface area contributed by atoms with Gasteiger partial charge in [-0.25, -0.2) is 15.0 Å². The number of ether oxygens (including phenoxy) is 1. The molecular formula is C35H38N4O4. The van der Waals surface area contributed by atoms with Crippen LogP contribution in [-0.2, 0) is 9.53 Å². The molecule has 0 amide bonds. The van der Waals surface area contributed by atoms with Crippen molar-refractivity contribution in [3.05, 3.63) is 104 Å². The summed E-state index contributed by atoms with van der Waals surface area (Å²) in [5, 5.41) is 25.9. The largest absolute Gasteiger partial charge is 0.511 e. The number of methoxy groups -OCH3 is 1. The van der Waals surface area contributed by atoms with Gasteiger partial charge in [-0.15, -0.1) is 6.58 Å². The molecule has 1 fully saturated rings. The molecule has 3 N–H and O–H groups in total. The first-order chi connectivity index (χ1) is 20.6. The summed E-state index contributed by atoms with van der Waals surface area (Å²) in [4.78, 5) is 27.3. The van der Waals surface area contributed by atoms with Crippen molar-refractivity contribution in [1.82, 2.24) is 5.32 Å². The van der Waals surface area contributed by atoms with Gasteiger partial charge in [-0.1, -0.05) is 19.9 Å². The standard InChI is InChI=1S/C35H38N4O4/c1-8-20-16(3)23-15-28-32(29(40)9-2)18(5)25(37-28)13-24-17(4)21(10-11-31(42)43-7)34(38-24)22-12-30(41)33-19(6)26(39-35(22)33)14-27(20)36-23/h9,13-15,17,21,29,38,40-41H,2,8,10-12H2,1,3-7H3/t17-,21-,29?/m0/s1. The van der Waals surface area contributed by atoms with E-state index in [2.05, 4.69) is 32.7 Å². The van der Waals surface area contributed by atoms with E-state index in [0.29, 0.717) is 29.9 Å². The Morgan fingerprint density at radius 1 is 1.12 bits per heavy atom. The Hall–Kier alpha value is -4.30. The van der Waals surface area contributed by atoms with Gasteiger partial charge in [-0.3, -0.25) is 4.79 Å². The lowest BCUT2D eigenvalue weighted by Gasteiger charge is -2.17. The van der Waals surface area contributed by atoms with Crippen LogP contribution in [0.5, 0.6) is 0 Å². The first-order valence-electron chi connectivity index (χ1n) is 14.9. The number of aliphatic imine (C=N–C) groups is 3. The number of fused-ring (bicyclic) bond motifs is 5. The summed E-state index contributed by atoms with van der Waals surface area (Å²) in [6, 6.07) is 0. The molecule has 5 aliphatic heterocycles. The van der Waals surface area contributed by atoms with Crippen molar-refractivity contribution >= 4 is 23.1 Å². The van der Waals surface area contributed by atoms with Gasteiger partial charge in [-0.05, 0) is 74.1 Å². The van der Waals surface area contributed by atoms with Gasteiger partial charge in [-0.2, -0.15) is 0 Å². The number of esters is 1. The van der Waals surface area contributed by atoms with Gasteiger partial charge in [0.25, 0.3) is 0 Å². The van der Waals surface area contributed by atoms with E-state index in [1.54, 1.807) is 0 Å². The smallest absolute Gasteiger partial charge is 0.305 e. The van der Waals surface area contributed by atoms with Gasteiger partial charge in [0.05, 0.1) is 47.4 Å². The number of carbonyl (C=O) groups is 1. The van der Waals surface area contributed by atoms with Crippen LogP contribution in [-0.4, -0.2) is 46.5 Å². The Bertz CT molecular complexity index is 1730. The van der Waals surface area contributed by atoms with Crippen molar-refractivity contribution in [2.45, 2.75) is 66.4 Å². The summed E-state index contributed by atoms with van der Waals surface area (Å²) in [5.41, 5.74) is 12.9. The molecule has 6 rings (SSSR count). The number of nitrogens with one attached hydrogen (secondary N) is 1. The van der Waals surface area contributed by atoms with Crippen LogP contribution in [0, 0.1) is 11.8 Å². The predicted octanol–water partition coefficient (Wildman–Crippen LogP) is 6.16. The van der Waals surface area contributed by atoms with Gasteiger partial charge >= 0.3 is 5.97 Å². The highest BCUT2D eigenvalue weighted by Crippen LogP contribution is 2.46. The molecule has 0 radical (unpaired) electrons. The fourth-order valence-corrected chi connectivity index (χ4v) is 6.99. The van der Waals surface area contributed by atoms with E-state index in [0.717, 1.165) is 79.8 Å². The third-order valence-corrected chi connectivity index (χ3v) is 9.51. The molecule has 8 heteroatoms. The lowest BCUT2D eigenvalue weighted by Crippen LogP contribution is -2.16. The number of carbonyl (C=O) groups excluding carboxylic acids is 1. The minimum Gasteiger partial charge on any atom is -0.511 e. The highest BCUT2D eigenvalue weighted by molar-refractivity contribution is 6.21. The lowest BCUT2D eigenvalue weighted by molar-refractivity contribution is -0.140. The van der Waals surface area contributed by atoms with Crippen molar-refractivity contribution in [3.8, 4) is 0 Å². The van der Waals surface area contributed by atoms with Crippen LogP contribution in [0.2, 0.25) is 0 Å². The monoisotopic (exact) mass is 578 g/mol. The molecule has 0 spiro atoms. The van der Waals surface area contributed by atoms with Crippen LogP contribution in [0.25, 0.3) is 0 Å². The molecule has 8 nitrogen and oxygen atoms in total. The molecule has 1 aliphatic carbocycles. The number of allylic oxidation sites excluding steroid dienone is 11. The molecule has 43 heavy (non-hydrogen) atoms. The van der Waals surface area contributed by atoms with Crippen molar-refractivity contribution in [2.75, 3.05) is 7.11 Å². The van der Waals surface area contributed by atoms with E-state index in [1.165, 1.54) is 13.2 Å². The summed E-state index contributed by atoms with van der Waals surface area (Å²) in [5.74, 6) is 0.0559. The number of hydrogen-bond acceptors (Lipinski definition) is 8.